The molecule has 1 atom stereocenters. The summed E-state index contributed by atoms with van der Waals surface area (Å²) >= 11 is 0. The van der Waals surface area contributed by atoms with Crippen LogP contribution in [0.5, 0.6) is 0 Å². The molecule has 0 aliphatic heterocycles. The van der Waals surface area contributed by atoms with Crippen molar-refractivity contribution < 1.29 is 19.4 Å². The van der Waals surface area contributed by atoms with E-state index >= 15 is 0 Å². The first-order valence-corrected chi connectivity index (χ1v) is 4.33. The maximum atomic E-state index is 11.0. The smallest absolute Gasteiger partial charge is 0.339 e. The minimum Gasteiger partial charge on any atom is -0.481 e. The molecule has 0 saturated carbocycles. The van der Waals surface area contributed by atoms with Crippen LogP contribution in [0, 0.1) is 0 Å². The Bertz CT molecular complexity index is 372. The Labute approximate surface area is 86.7 Å². The number of pyridine rings is 1. The molecule has 5 heteroatoms. The second-order valence-electron chi connectivity index (χ2n) is 3.02. The van der Waals surface area contributed by atoms with E-state index in [0.717, 1.165) is 0 Å². The molecule has 0 aliphatic rings. The van der Waals surface area contributed by atoms with Crippen molar-refractivity contribution in [2.45, 2.75) is 12.8 Å². The van der Waals surface area contributed by atoms with Crippen LogP contribution >= 0.6 is 0 Å². The zero-order valence-corrected chi connectivity index (χ0v) is 8.43. The van der Waals surface area contributed by atoms with Gasteiger partial charge in [0.05, 0.1) is 24.3 Å². The molecule has 1 rings (SSSR count). The molecule has 0 saturated heterocycles. The zero-order chi connectivity index (χ0) is 11.4. The summed E-state index contributed by atoms with van der Waals surface area (Å²) in [6, 6.07) is 3.00. The number of carbonyl (C=O) groups excluding carboxylic acids is 1. The van der Waals surface area contributed by atoms with Gasteiger partial charge in [-0.3, -0.25) is 9.78 Å². The Hall–Kier alpha value is -1.91. The number of aliphatic carboxylic acids is 1. The highest BCUT2D eigenvalue weighted by Gasteiger charge is 2.15. The quantitative estimate of drug-likeness (QED) is 0.753. The van der Waals surface area contributed by atoms with Gasteiger partial charge in [0.15, 0.2) is 0 Å². The van der Waals surface area contributed by atoms with Gasteiger partial charge < -0.3 is 9.84 Å². The summed E-state index contributed by atoms with van der Waals surface area (Å²) < 4.78 is 4.49. The van der Waals surface area contributed by atoms with E-state index in [4.69, 9.17) is 5.11 Å². The second-order valence-corrected chi connectivity index (χ2v) is 3.02. The molecule has 1 N–H and O–H groups in total. The van der Waals surface area contributed by atoms with Crippen LogP contribution in [0.4, 0.5) is 0 Å². The van der Waals surface area contributed by atoms with Crippen molar-refractivity contribution in [1.29, 1.82) is 0 Å². The van der Waals surface area contributed by atoms with Gasteiger partial charge in [-0.1, -0.05) is 0 Å². The summed E-state index contributed by atoms with van der Waals surface area (Å²) in [5.41, 5.74) is 0.717. The van der Waals surface area contributed by atoms with Crippen LogP contribution in [0.1, 0.15) is 28.9 Å². The monoisotopic (exact) mass is 209 g/mol. The van der Waals surface area contributed by atoms with Crippen molar-refractivity contribution in [3.8, 4) is 0 Å². The van der Waals surface area contributed by atoms with E-state index < -0.39 is 17.9 Å². The molecule has 5 nitrogen and oxygen atoms in total. The van der Waals surface area contributed by atoms with Crippen LogP contribution in [0.3, 0.4) is 0 Å². The van der Waals surface area contributed by atoms with E-state index in [1.807, 2.05) is 0 Å². The summed E-state index contributed by atoms with van der Waals surface area (Å²) in [6.07, 6.45) is 1.31. The number of hydrogen-bond donors (Lipinski definition) is 1. The molecular formula is C10H11NO4. The van der Waals surface area contributed by atoms with Crippen LogP contribution in [0.15, 0.2) is 18.3 Å². The first kappa shape index (κ1) is 11.2. The maximum absolute atomic E-state index is 11.0. The standard InChI is InChI=1S/C10H11NO4/c1-6(9(12)13)8-4-3-7(5-11-8)10(14)15-2/h3-6H,1-2H3,(H,12,13). The number of aromatic nitrogens is 1. The molecule has 15 heavy (non-hydrogen) atoms. The topological polar surface area (TPSA) is 76.5 Å². The number of carboxylic acid groups (broad SMARTS) is 1. The van der Waals surface area contributed by atoms with E-state index in [2.05, 4.69) is 9.72 Å². The Morgan fingerprint density at radius 3 is 2.53 bits per heavy atom. The van der Waals surface area contributed by atoms with Crippen molar-refractivity contribution >= 4 is 11.9 Å². The van der Waals surface area contributed by atoms with Crippen LogP contribution in [-0.4, -0.2) is 29.1 Å². The fraction of sp³-hybridized carbons (Fsp3) is 0.300. The second kappa shape index (κ2) is 4.54. The van der Waals surface area contributed by atoms with E-state index in [1.165, 1.54) is 32.4 Å². The molecule has 0 fully saturated rings. The Balaban J connectivity index is 2.90. The van der Waals surface area contributed by atoms with Gasteiger partial charge in [0.2, 0.25) is 0 Å². The minimum absolute atomic E-state index is 0.304. The molecule has 1 unspecified atom stereocenters. The van der Waals surface area contributed by atoms with Crippen LogP contribution in [0.25, 0.3) is 0 Å². The highest BCUT2D eigenvalue weighted by molar-refractivity contribution is 5.89. The lowest BCUT2D eigenvalue weighted by atomic mass is 10.1. The van der Waals surface area contributed by atoms with E-state index in [0.29, 0.717) is 11.3 Å². The SMILES string of the molecule is COC(=O)c1ccc(C(C)C(=O)O)nc1. The fourth-order valence-corrected chi connectivity index (χ4v) is 1.03. The van der Waals surface area contributed by atoms with E-state index in [9.17, 15) is 9.59 Å². The fourth-order valence-electron chi connectivity index (χ4n) is 1.03. The molecule has 1 aromatic rings. The third-order valence-corrected chi connectivity index (χ3v) is 2.02. The molecule has 0 spiro atoms. The molecule has 0 bridgehead atoms. The first-order chi connectivity index (χ1) is 7.06. The van der Waals surface area contributed by atoms with Gasteiger partial charge in [-0.05, 0) is 19.1 Å². The highest BCUT2D eigenvalue weighted by Crippen LogP contribution is 2.13. The van der Waals surface area contributed by atoms with Crippen molar-refractivity contribution in [3.63, 3.8) is 0 Å². The molecule has 0 amide bonds. The number of esters is 1. The summed E-state index contributed by atoms with van der Waals surface area (Å²) in [5, 5.41) is 8.73. The third kappa shape index (κ3) is 2.52. The molecule has 1 heterocycles. The Morgan fingerprint density at radius 2 is 2.13 bits per heavy atom. The lowest BCUT2D eigenvalue weighted by molar-refractivity contribution is -0.138. The van der Waals surface area contributed by atoms with Crippen molar-refractivity contribution in [3.05, 3.63) is 29.6 Å². The predicted octanol–water partition coefficient (Wildman–Crippen LogP) is 1.06. The molecule has 0 aliphatic carbocycles. The first-order valence-electron chi connectivity index (χ1n) is 4.33. The molecule has 1 aromatic heterocycles. The van der Waals surface area contributed by atoms with Gasteiger partial charge >= 0.3 is 11.9 Å². The highest BCUT2D eigenvalue weighted by atomic mass is 16.5. The number of carboxylic acids is 1. The van der Waals surface area contributed by atoms with E-state index in [1.54, 1.807) is 0 Å². The van der Waals surface area contributed by atoms with E-state index in [-0.39, 0.29) is 0 Å². The number of nitrogens with zero attached hydrogens (tertiary/aromatic N) is 1. The van der Waals surface area contributed by atoms with Gasteiger partial charge in [-0.2, -0.15) is 0 Å². The summed E-state index contributed by atoms with van der Waals surface area (Å²) in [4.78, 5) is 25.6. The van der Waals surface area contributed by atoms with Crippen molar-refractivity contribution in [2.75, 3.05) is 7.11 Å². The largest absolute Gasteiger partial charge is 0.481 e. The van der Waals surface area contributed by atoms with Gasteiger partial charge in [-0.25, -0.2) is 4.79 Å². The lowest BCUT2D eigenvalue weighted by Gasteiger charge is -2.05. The van der Waals surface area contributed by atoms with Crippen molar-refractivity contribution in [1.82, 2.24) is 4.98 Å². The predicted molar refractivity (Wildman–Crippen MR) is 51.6 cm³/mol. The van der Waals surface area contributed by atoms with Gasteiger partial charge in [0.1, 0.15) is 0 Å². The number of carbonyl (C=O) groups is 2. The van der Waals surface area contributed by atoms with Gasteiger partial charge in [-0.15, -0.1) is 0 Å². The normalized spacial score (nSPS) is 11.9. The average Bonchev–Trinajstić information content (AvgIpc) is 2.27. The van der Waals surface area contributed by atoms with Crippen molar-refractivity contribution in [2.24, 2.45) is 0 Å². The summed E-state index contributed by atoms with van der Waals surface area (Å²) in [7, 11) is 1.27. The lowest BCUT2D eigenvalue weighted by Crippen LogP contribution is -2.10. The van der Waals surface area contributed by atoms with Gasteiger partial charge in [0, 0.05) is 6.20 Å². The Morgan fingerprint density at radius 1 is 1.47 bits per heavy atom. The number of methoxy groups -OCH3 is 1. The number of rotatable bonds is 3. The molecule has 0 aromatic carbocycles. The maximum Gasteiger partial charge on any atom is 0.339 e. The number of hydrogen-bond acceptors (Lipinski definition) is 4. The third-order valence-electron chi connectivity index (χ3n) is 2.02. The van der Waals surface area contributed by atoms with Gasteiger partial charge in [0.25, 0.3) is 0 Å². The number of ether oxygens (including phenoxy) is 1. The summed E-state index contributed by atoms with van der Waals surface area (Å²) in [6.45, 7) is 1.53. The molecule has 0 radical (unpaired) electrons. The van der Waals surface area contributed by atoms with Crippen LogP contribution in [0.2, 0.25) is 0 Å². The van der Waals surface area contributed by atoms with Crippen LogP contribution in [-0.2, 0) is 9.53 Å². The molecular weight excluding hydrogens is 198 g/mol. The zero-order valence-electron chi connectivity index (χ0n) is 8.43. The van der Waals surface area contributed by atoms with Crippen LogP contribution < -0.4 is 0 Å². The Kier molecular flexibility index (Phi) is 3.38. The average molecular weight is 209 g/mol. The molecule has 80 valence electrons. The minimum atomic E-state index is -0.951. The summed E-state index contributed by atoms with van der Waals surface area (Å²) in [5.74, 6) is -2.12.